The Morgan fingerprint density at radius 3 is 2.71 bits per heavy atom. The van der Waals surface area contributed by atoms with Gasteiger partial charge >= 0.3 is 0 Å². The van der Waals surface area contributed by atoms with Crippen LogP contribution >= 0.6 is 11.8 Å². The fraction of sp³-hybridized carbons (Fsp3) is 0.929. The summed E-state index contributed by atoms with van der Waals surface area (Å²) in [6.45, 7) is 2.14. The first-order valence-corrected chi connectivity index (χ1v) is 8.56. The third kappa shape index (κ3) is 3.90. The van der Waals surface area contributed by atoms with Crippen molar-refractivity contribution in [1.29, 1.82) is 0 Å². The Morgan fingerprint density at radius 1 is 1.29 bits per heavy atom. The number of nitrogens with one attached hydrogen (secondary N) is 1. The topological polar surface area (TPSA) is 94.3 Å². The molecule has 2 saturated heterocycles. The van der Waals surface area contributed by atoms with Crippen molar-refractivity contribution < 1.29 is 20.1 Å². The van der Waals surface area contributed by atoms with Gasteiger partial charge in [0.15, 0.2) is 5.17 Å². The van der Waals surface area contributed by atoms with Crippen LogP contribution < -0.4 is 5.32 Å². The lowest BCUT2D eigenvalue weighted by atomic mass is 9.92. The standard InChI is InChI=1S/C14H26N2O4S/c1-3-4-5-6-7-8(17)12-11(19)10(18)9-13(20-12)21-14(15-2)16-9/h8-13,17-19H,3-7H2,1-2H3,(H,15,16). The van der Waals surface area contributed by atoms with Gasteiger partial charge in [-0.2, -0.15) is 0 Å². The van der Waals surface area contributed by atoms with Gasteiger partial charge in [-0.05, 0) is 6.42 Å². The van der Waals surface area contributed by atoms with Gasteiger partial charge < -0.3 is 25.4 Å². The maximum atomic E-state index is 10.2. The number of aliphatic imine (C=N–C) groups is 1. The third-order valence-electron chi connectivity index (χ3n) is 4.09. The molecule has 21 heavy (non-hydrogen) atoms. The van der Waals surface area contributed by atoms with Crippen molar-refractivity contribution in [2.24, 2.45) is 4.99 Å². The second kappa shape index (κ2) is 7.78. The lowest BCUT2D eigenvalue weighted by Gasteiger charge is -2.40. The largest absolute Gasteiger partial charge is 0.390 e. The average molecular weight is 318 g/mol. The van der Waals surface area contributed by atoms with Gasteiger partial charge in [0, 0.05) is 7.05 Å². The normalized spacial score (nSPS) is 39.1. The molecule has 6 atom stereocenters. The molecule has 6 unspecified atom stereocenters. The molecule has 2 heterocycles. The highest BCUT2D eigenvalue weighted by molar-refractivity contribution is 8.14. The summed E-state index contributed by atoms with van der Waals surface area (Å²) < 4.78 is 5.80. The Balaban J connectivity index is 1.92. The van der Waals surface area contributed by atoms with E-state index in [4.69, 9.17) is 4.74 Å². The minimum Gasteiger partial charge on any atom is -0.390 e. The van der Waals surface area contributed by atoms with E-state index in [-0.39, 0.29) is 11.5 Å². The SMILES string of the molecule is CCCCCCC(O)C1OC2SC(=NC)NC2C(O)C1O. The molecular weight excluding hydrogens is 292 g/mol. The van der Waals surface area contributed by atoms with Gasteiger partial charge in [0.25, 0.3) is 0 Å². The van der Waals surface area contributed by atoms with E-state index >= 15 is 0 Å². The van der Waals surface area contributed by atoms with Crippen LogP contribution in [-0.2, 0) is 4.74 Å². The summed E-state index contributed by atoms with van der Waals surface area (Å²) in [6, 6.07) is -0.382. The number of rotatable bonds is 6. The number of nitrogens with zero attached hydrogens (tertiary/aromatic N) is 1. The van der Waals surface area contributed by atoms with E-state index in [2.05, 4.69) is 17.2 Å². The molecule has 4 N–H and O–H groups in total. The molecule has 0 radical (unpaired) electrons. The summed E-state index contributed by atoms with van der Waals surface area (Å²) in [5.74, 6) is 0. The van der Waals surface area contributed by atoms with Crippen molar-refractivity contribution in [2.45, 2.75) is 74.9 Å². The molecule has 0 aromatic carbocycles. The highest BCUT2D eigenvalue weighted by Crippen LogP contribution is 2.35. The summed E-state index contributed by atoms with van der Waals surface area (Å²) in [5.41, 5.74) is -0.322. The highest BCUT2D eigenvalue weighted by atomic mass is 32.2. The second-order valence-electron chi connectivity index (χ2n) is 5.68. The van der Waals surface area contributed by atoms with Crippen LogP contribution in [0, 0.1) is 0 Å². The predicted molar refractivity (Wildman–Crippen MR) is 83.3 cm³/mol. The molecule has 0 aromatic rings. The quantitative estimate of drug-likeness (QED) is 0.532. The number of ether oxygens (including phenoxy) is 1. The van der Waals surface area contributed by atoms with E-state index in [0.717, 1.165) is 25.7 Å². The minimum absolute atomic E-state index is 0.322. The average Bonchev–Trinajstić information content (AvgIpc) is 2.90. The molecule has 2 aliphatic heterocycles. The Morgan fingerprint density at radius 2 is 2.05 bits per heavy atom. The fourth-order valence-corrected chi connectivity index (χ4v) is 3.90. The second-order valence-corrected chi connectivity index (χ2v) is 6.77. The maximum Gasteiger partial charge on any atom is 0.159 e. The van der Waals surface area contributed by atoms with Crippen LogP contribution in [0.15, 0.2) is 4.99 Å². The summed E-state index contributed by atoms with van der Waals surface area (Å²) in [5, 5.41) is 34.4. The highest BCUT2D eigenvalue weighted by Gasteiger charge is 2.50. The zero-order valence-corrected chi connectivity index (χ0v) is 13.4. The molecule has 0 saturated carbocycles. The van der Waals surface area contributed by atoms with Gasteiger partial charge in [-0.1, -0.05) is 44.4 Å². The smallest absolute Gasteiger partial charge is 0.159 e. The van der Waals surface area contributed by atoms with E-state index in [9.17, 15) is 15.3 Å². The van der Waals surface area contributed by atoms with Crippen molar-refractivity contribution in [1.82, 2.24) is 5.32 Å². The van der Waals surface area contributed by atoms with E-state index < -0.39 is 24.4 Å². The van der Waals surface area contributed by atoms with Gasteiger partial charge in [0.1, 0.15) is 23.7 Å². The first-order valence-electron chi connectivity index (χ1n) is 7.68. The molecule has 2 rings (SSSR count). The summed E-state index contributed by atoms with van der Waals surface area (Å²) >= 11 is 1.39. The van der Waals surface area contributed by atoms with Crippen molar-refractivity contribution >= 4 is 16.9 Å². The summed E-state index contributed by atoms with van der Waals surface area (Å²) in [6.07, 6.45) is 1.28. The molecule has 6 nitrogen and oxygen atoms in total. The Kier molecular flexibility index (Phi) is 6.31. The third-order valence-corrected chi connectivity index (χ3v) is 5.25. The summed E-state index contributed by atoms with van der Waals surface area (Å²) in [7, 11) is 1.66. The molecule has 0 amide bonds. The summed E-state index contributed by atoms with van der Waals surface area (Å²) in [4.78, 5) is 4.04. The van der Waals surface area contributed by atoms with Gasteiger partial charge in [0.2, 0.25) is 0 Å². The van der Waals surface area contributed by atoms with E-state index in [0.29, 0.717) is 11.6 Å². The number of thioether (sulfide) groups is 1. The number of hydrogen-bond acceptors (Lipinski definition) is 6. The molecule has 2 fully saturated rings. The first-order chi connectivity index (χ1) is 10.1. The number of hydrogen-bond donors (Lipinski definition) is 4. The number of aliphatic hydroxyl groups is 3. The molecule has 7 heteroatoms. The van der Waals surface area contributed by atoms with Crippen LogP contribution in [0.1, 0.15) is 39.0 Å². The molecule has 0 bridgehead atoms. The lowest BCUT2D eigenvalue weighted by Crippen LogP contribution is -2.61. The molecule has 0 aliphatic carbocycles. The van der Waals surface area contributed by atoms with Crippen LogP contribution in [0.4, 0.5) is 0 Å². The molecule has 122 valence electrons. The van der Waals surface area contributed by atoms with Gasteiger partial charge in [-0.3, -0.25) is 4.99 Å². The molecule has 0 aromatic heterocycles. The van der Waals surface area contributed by atoms with Crippen LogP contribution in [0.3, 0.4) is 0 Å². The van der Waals surface area contributed by atoms with Crippen LogP contribution in [0.2, 0.25) is 0 Å². The first kappa shape index (κ1) is 17.0. The van der Waals surface area contributed by atoms with Crippen molar-refractivity contribution in [2.75, 3.05) is 7.05 Å². The number of fused-ring (bicyclic) bond motifs is 1. The van der Waals surface area contributed by atoms with Crippen molar-refractivity contribution in [3.63, 3.8) is 0 Å². The Labute approximate surface area is 130 Å². The number of aliphatic hydroxyl groups excluding tert-OH is 3. The Bertz CT molecular complexity index is 369. The van der Waals surface area contributed by atoms with E-state index in [1.807, 2.05) is 0 Å². The van der Waals surface area contributed by atoms with Gasteiger partial charge in [-0.15, -0.1) is 0 Å². The number of amidine groups is 1. The van der Waals surface area contributed by atoms with E-state index in [1.54, 1.807) is 7.05 Å². The molecular formula is C14H26N2O4S. The lowest BCUT2D eigenvalue weighted by molar-refractivity contribution is -0.188. The van der Waals surface area contributed by atoms with Crippen LogP contribution in [0.5, 0.6) is 0 Å². The molecule has 2 aliphatic rings. The Hall–Kier alpha value is -0.340. The predicted octanol–water partition coefficient (Wildman–Crippen LogP) is 0.455. The molecule has 0 spiro atoms. The van der Waals surface area contributed by atoms with Crippen molar-refractivity contribution in [3.05, 3.63) is 0 Å². The maximum absolute atomic E-state index is 10.2. The monoisotopic (exact) mass is 318 g/mol. The van der Waals surface area contributed by atoms with Gasteiger partial charge in [-0.25, -0.2) is 0 Å². The minimum atomic E-state index is -1.09. The van der Waals surface area contributed by atoms with Crippen LogP contribution in [-0.4, -0.2) is 63.4 Å². The zero-order valence-electron chi connectivity index (χ0n) is 12.6. The fourth-order valence-electron chi connectivity index (χ4n) is 2.81. The number of unbranched alkanes of at least 4 members (excludes halogenated alkanes) is 3. The van der Waals surface area contributed by atoms with Crippen LogP contribution in [0.25, 0.3) is 0 Å². The van der Waals surface area contributed by atoms with Crippen molar-refractivity contribution in [3.8, 4) is 0 Å². The zero-order chi connectivity index (χ0) is 15.4. The van der Waals surface area contributed by atoms with E-state index in [1.165, 1.54) is 11.8 Å². The van der Waals surface area contributed by atoms with Gasteiger partial charge in [0.05, 0.1) is 12.1 Å².